The minimum Gasteiger partial charge on any atom is -0.358 e. The summed E-state index contributed by atoms with van der Waals surface area (Å²) < 4.78 is 1.94. The summed E-state index contributed by atoms with van der Waals surface area (Å²) in [7, 11) is 0. The summed E-state index contributed by atoms with van der Waals surface area (Å²) in [5.41, 5.74) is 3.98. The summed E-state index contributed by atoms with van der Waals surface area (Å²) in [5, 5.41) is 12.4. The fraction of sp³-hybridized carbons (Fsp3) is 0.211. The summed E-state index contributed by atoms with van der Waals surface area (Å²) in [5.74, 6) is 0.862. The molecule has 1 aromatic carbocycles. The van der Waals surface area contributed by atoms with Crippen LogP contribution in [0.15, 0.2) is 48.7 Å². The Kier molecular flexibility index (Phi) is 3.93. The lowest BCUT2D eigenvalue weighted by molar-refractivity contribution is -0.120. The van der Waals surface area contributed by atoms with E-state index in [2.05, 4.69) is 20.5 Å². The van der Waals surface area contributed by atoms with Gasteiger partial charge in [-0.2, -0.15) is 0 Å². The average molecular weight is 333 g/mol. The molecule has 4 rings (SSSR count). The second-order valence-electron chi connectivity index (χ2n) is 6.10. The van der Waals surface area contributed by atoms with Gasteiger partial charge in [0.25, 0.3) is 0 Å². The molecule has 2 N–H and O–H groups in total. The van der Waals surface area contributed by atoms with Gasteiger partial charge in [0, 0.05) is 35.8 Å². The molecule has 0 aliphatic carbocycles. The van der Waals surface area contributed by atoms with Crippen LogP contribution in [0.25, 0.3) is 16.6 Å². The second kappa shape index (κ2) is 6.39. The largest absolute Gasteiger partial charge is 0.358 e. The normalized spacial score (nSPS) is 11.2. The highest BCUT2D eigenvalue weighted by atomic mass is 16.1. The number of benzene rings is 1. The molecule has 6 heteroatoms. The summed E-state index contributed by atoms with van der Waals surface area (Å²) in [6.45, 7) is 2.54. The van der Waals surface area contributed by atoms with Crippen LogP contribution < -0.4 is 5.32 Å². The van der Waals surface area contributed by atoms with E-state index in [1.807, 2.05) is 60.0 Å². The number of aryl methyl sites for hydroxylation is 1. The van der Waals surface area contributed by atoms with Crippen molar-refractivity contribution in [3.8, 4) is 0 Å². The van der Waals surface area contributed by atoms with Gasteiger partial charge in [-0.1, -0.05) is 24.3 Å². The molecule has 0 saturated carbocycles. The van der Waals surface area contributed by atoms with Crippen LogP contribution in [0.5, 0.6) is 0 Å². The summed E-state index contributed by atoms with van der Waals surface area (Å²) in [4.78, 5) is 15.7. The van der Waals surface area contributed by atoms with Crippen LogP contribution in [-0.2, 0) is 17.6 Å². The van der Waals surface area contributed by atoms with Crippen molar-refractivity contribution in [2.75, 3.05) is 6.54 Å². The molecule has 0 unspecified atom stereocenters. The second-order valence-corrected chi connectivity index (χ2v) is 6.10. The maximum Gasteiger partial charge on any atom is 0.224 e. The Morgan fingerprint density at radius 1 is 1.16 bits per heavy atom. The number of H-pyrrole nitrogens is 1. The highest BCUT2D eigenvalue weighted by Gasteiger charge is 2.12. The van der Waals surface area contributed by atoms with Gasteiger partial charge in [-0.3, -0.25) is 9.20 Å². The Bertz CT molecular complexity index is 1050. The van der Waals surface area contributed by atoms with Crippen LogP contribution in [0, 0.1) is 6.92 Å². The summed E-state index contributed by atoms with van der Waals surface area (Å²) in [6, 6.07) is 13.8. The molecule has 4 aromatic rings. The molecule has 25 heavy (non-hydrogen) atoms. The van der Waals surface area contributed by atoms with Gasteiger partial charge in [0.1, 0.15) is 5.82 Å². The van der Waals surface area contributed by atoms with E-state index in [1.165, 1.54) is 0 Å². The van der Waals surface area contributed by atoms with Crippen molar-refractivity contribution in [2.24, 2.45) is 0 Å². The number of aromatic nitrogens is 4. The van der Waals surface area contributed by atoms with Gasteiger partial charge in [-0.15, -0.1) is 10.2 Å². The predicted molar refractivity (Wildman–Crippen MR) is 96.4 cm³/mol. The molecule has 3 aromatic heterocycles. The Labute approximate surface area is 144 Å². The van der Waals surface area contributed by atoms with Crippen molar-refractivity contribution in [3.05, 3.63) is 65.7 Å². The number of nitrogens with one attached hydrogen (secondary N) is 2. The molecule has 0 atom stereocenters. The van der Waals surface area contributed by atoms with Crippen molar-refractivity contribution in [1.29, 1.82) is 0 Å². The molecule has 0 saturated heterocycles. The molecule has 0 bridgehead atoms. The van der Waals surface area contributed by atoms with E-state index in [1.54, 1.807) is 0 Å². The zero-order valence-electron chi connectivity index (χ0n) is 14.0. The SMILES string of the molecule is Cc1[nH]c2ccccc2c1CC(=O)NCCc1nnc2ccccn12. The first-order valence-corrected chi connectivity index (χ1v) is 8.34. The Morgan fingerprint density at radius 2 is 2.00 bits per heavy atom. The van der Waals surface area contributed by atoms with Crippen molar-refractivity contribution in [1.82, 2.24) is 24.9 Å². The van der Waals surface area contributed by atoms with E-state index in [-0.39, 0.29) is 5.91 Å². The lowest BCUT2D eigenvalue weighted by Crippen LogP contribution is -2.27. The van der Waals surface area contributed by atoms with Crippen LogP contribution in [0.3, 0.4) is 0 Å². The third-order valence-corrected chi connectivity index (χ3v) is 4.42. The van der Waals surface area contributed by atoms with Crippen molar-refractivity contribution in [2.45, 2.75) is 19.8 Å². The maximum atomic E-state index is 12.3. The number of fused-ring (bicyclic) bond motifs is 2. The van der Waals surface area contributed by atoms with E-state index < -0.39 is 0 Å². The van der Waals surface area contributed by atoms with Crippen LogP contribution >= 0.6 is 0 Å². The molecule has 0 aliphatic rings. The molecular formula is C19H19N5O. The van der Waals surface area contributed by atoms with Crippen LogP contribution in [-0.4, -0.2) is 32.0 Å². The first-order chi connectivity index (χ1) is 12.2. The molecule has 6 nitrogen and oxygen atoms in total. The van der Waals surface area contributed by atoms with E-state index in [9.17, 15) is 4.79 Å². The molecule has 0 radical (unpaired) electrons. The van der Waals surface area contributed by atoms with Gasteiger partial charge in [-0.25, -0.2) is 0 Å². The van der Waals surface area contributed by atoms with Crippen molar-refractivity contribution in [3.63, 3.8) is 0 Å². The molecule has 0 spiro atoms. The van der Waals surface area contributed by atoms with Gasteiger partial charge < -0.3 is 10.3 Å². The minimum atomic E-state index is 0.0154. The van der Waals surface area contributed by atoms with Gasteiger partial charge in [0.2, 0.25) is 5.91 Å². The van der Waals surface area contributed by atoms with Crippen LogP contribution in [0.2, 0.25) is 0 Å². The number of hydrogen-bond acceptors (Lipinski definition) is 3. The fourth-order valence-corrected chi connectivity index (χ4v) is 3.16. The smallest absolute Gasteiger partial charge is 0.224 e. The topological polar surface area (TPSA) is 75.1 Å². The number of para-hydroxylation sites is 1. The fourth-order valence-electron chi connectivity index (χ4n) is 3.16. The van der Waals surface area contributed by atoms with E-state index in [0.717, 1.165) is 33.6 Å². The standard InChI is InChI=1S/C19H19N5O/c1-13-15(14-6-2-3-7-16(14)21-13)12-19(25)20-10-9-18-23-22-17-8-4-5-11-24(17)18/h2-8,11,21H,9-10,12H2,1H3,(H,20,25). The van der Waals surface area contributed by atoms with E-state index >= 15 is 0 Å². The van der Waals surface area contributed by atoms with Gasteiger partial charge in [0.05, 0.1) is 6.42 Å². The van der Waals surface area contributed by atoms with Crippen molar-refractivity contribution >= 4 is 22.5 Å². The molecular weight excluding hydrogens is 314 g/mol. The van der Waals surface area contributed by atoms with Crippen LogP contribution in [0.1, 0.15) is 17.1 Å². The number of amides is 1. The van der Waals surface area contributed by atoms with E-state index in [4.69, 9.17) is 0 Å². The van der Waals surface area contributed by atoms with Gasteiger partial charge in [-0.05, 0) is 30.7 Å². The Morgan fingerprint density at radius 3 is 2.92 bits per heavy atom. The lowest BCUT2D eigenvalue weighted by Gasteiger charge is -2.05. The minimum absolute atomic E-state index is 0.0154. The number of aromatic amines is 1. The number of pyridine rings is 1. The number of carbonyl (C=O) groups is 1. The number of carbonyl (C=O) groups excluding carboxylic acids is 1. The molecule has 0 aliphatic heterocycles. The summed E-state index contributed by atoms with van der Waals surface area (Å²) in [6.07, 6.45) is 2.95. The molecule has 0 fully saturated rings. The number of hydrogen-bond donors (Lipinski definition) is 2. The molecule has 3 heterocycles. The maximum absolute atomic E-state index is 12.3. The first-order valence-electron chi connectivity index (χ1n) is 8.34. The predicted octanol–water partition coefficient (Wildman–Crippen LogP) is 2.42. The highest BCUT2D eigenvalue weighted by molar-refractivity contribution is 5.90. The zero-order chi connectivity index (χ0) is 17.2. The average Bonchev–Trinajstić information content (AvgIpc) is 3.17. The first kappa shape index (κ1) is 15.4. The Balaban J connectivity index is 1.40. The third-order valence-electron chi connectivity index (χ3n) is 4.42. The van der Waals surface area contributed by atoms with Gasteiger partial charge >= 0.3 is 0 Å². The van der Waals surface area contributed by atoms with Crippen LogP contribution in [0.4, 0.5) is 0 Å². The highest BCUT2D eigenvalue weighted by Crippen LogP contribution is 2.22. The number of rotatable bonds is 5. The quantitative estimate of drug-likeness (QED) is 0.589. The molecule has 1 amide bonds. The van der Waals surface area contributed by atoms with Gasteiger partial charge in [0.15, 0.2) is 5.65 Å². The monoisotopic (exact) mass is 333 g/mol. The van der Waals surface area contributed by atoms with E-state index in [0.29, 0.717) is 19.4 Å². The third kappa shape index (κ3) is 2.98. The summed E-state index contributed by atoms with van der Waals surface area (Å²) >= 11 is 0. The number of nitrogens with zero attached hydrogens (tertiary/aromatic N) is 3. The zero-order valence-corrected chi connectivity index (χ0v) is 14.0. The van der Waals surface area contributed by atoms with Crippen molar-refractivity contribution < 1.29 is 4.79 Å². The lowest BCUT2D eigenvalue weighted by atomic mass is 10.1. The molecule has 126 valence electrons. The Hall–Kier alpha value is -3.15.